The molecule has 2 fully saturated rings. The molecule has 3 heterocycles. The van der Waals surface area contributed by atoms with Crippen LogP contribution in [0.1, 0.15) is 24.3 Å². The molecule has 2 aliphatic heterocycles. The second-order valence-electron chi connectivity index (χ2n) is 3.83. The van der Waals surface area contributed by atoms with Gasteiger partial charge in [0, 0.05) is 11.9 Å². The van der Waals surface area contributed by atoms with E-state index >= 15 is 0 Å². The average molecular weight is 229 g/mol. The van der Waals surface area contributed by atoms with Crippen molar-refractivity contribution in [2.45, 2.75) is 24.8 Å². The lowest BCUT2D eigenvalue weighted by Crippen LogP contribution is -2.57. The highest BCUT2D eigenvalue weighted by Crippen LogP contribution is 2.50. The fourth-order valence-corrected chi connectivity index (χ4v) is 3.63. The molecule has 1 aromatic rings. The molecule has 5 heteroatoms. The molecule has 0 spiro atoms. The van der Waals surface area contributed by atoms with Crippen molar-refractivity contribution in [2.24, 2.45) is 0 Å². The molecule has 2 saturated heterocycles. The molecule has 0 N–H and O–H groups in total. The van der Waals surface area contributed by atoms with Gasteiger partial charge in [0.25, 0.3) is 0 Å². The Labute approximate surface area is 90.7 Å². The van der Waals surface area contributed by atoms with Gasteiger partial charge in [0.15, 0.2) is 0 Å². The Hall–Kier alpha value is -0.610. The van der Waals surface area contributed by atoms with Crippen LogP contribution < -0.4 is 0 Å². The number of amides is 1. The first-order valence-electron chi connectivity index (χ1n) is 4.64. The van der Waals surface area contributed by atoms with Crippen LogP contribution >= 0.6 is 22.9 Å². The van der Waals surface area contributed by atoms with Crippen molar-refractivity contribution in [3.63, 3.8) is 0 Å². The number of fused-ring (bicyclic) bond motifs is 1. The summed E-state index contributed by atoms with van der Waals surface area (Å²) in [5, 5.41) is 3.40. The minimum atomic E-state index is -0.0745. The maximum Gasteiger partial charge on any atom is 0.226 e. The van der Waals surface area contributed by atoms with Crippen LogP contribution in [0.4, 0.5) is 0 Å². The normalized spacial score (nSPS) is 30.4. The first-order valence-corrected chi connectivity index (χ1v) is 5.90. The molecule has 74 valence electrons. The van der Waals surface area contributed by atoms with E-state index in [2.05, 4.69) is 4.98 Å². The molecule has 3 nitrogen and oxygen atoms in total. The standard InChI is InChI=1S/C9H9ClN2OS/c10-6-5-14-8(11-6)9-2-1-3-12(9)7(13)4-9/h5H,1-4H2. The SMILES string of the molecule is O=C1CC2(c3nc(Cl)cs3)CCCN12. The van der Waals surface area contributed by atoms with Crippen LogP contribution in [-0.2, 0) is 10.3 Å². The molecular formula is C9H9ClN2OS. The number of halogens is 1. The highest BCUT2D eigenvalue weighted by molar-refractivity contribution is 7.10. The van der Waals surface area contributed by atoms with E-state index in [0.29, 0.717) is 11.6 Å². The number of hydrogen-bond donors (Lipinski definition) is 0. The first-order chi connectivity index (χ1) is 6.72. The van der Waals surface area contributed by atoms with Gasteiger partial charge in [-0.05, 0) is 12.8 Å². The van der Waals surface area contributed by atoms with Crippen LogP contribution in [0, 0.1) is 0 Å². The van der Waals surface area contributed by atoms with Gasteiger partial charge in [-0.1, -0.05) is 11.6 Å². The number of carbonyl (C=O) groups is 1. The largest absolute Gasteiger partial charge is 0.330 e. The number of rotatable bonds is 1. The zero-order valence-electron chi connectivity index (χ0n) is 7.49. The van der Waals surface area contributed by atoms with E-state index < -0.39 is 0 Å². The number of carbonyl (C=O) groups excluding carboxylic acids is 1. The molecule has 0 saturated carbocycles. The van der Waals surface area contributed by atoms with Crippen LogP contribution in [0.15, 0.2) is 5.38 Å². The van der Waals surface area contributed by atoms with Crippen molar-refractivity contribution in [2.75, 3.05) is 6.54 Å². The number of nitrogens with zero attached hydrogens (tertiary/aromatic N) is 2. The van der Waals surface area contributed by atoms with Crippen LogP contribution in [0.2, 0.25) is 5.15 Å². The van der Waals surface area contributed by atoms with Crippen LogP contribution in [0.5, 0.6) is 0 Å². The van der Waals surface area contributed by atoms with Crippen molar-refractivity contribution in [1.82, 2.24) is 9.88 Å². The van der Waals surface area contributed by atoms with Gasteiger partial charge >= 0.3 is 0 Å². The lowest BCUT2D eigenvalue weighted by atomic mass is 9.85. The summed E-state index contributed by atoms with van der Waals surface area (Å²) >= 11 is 7.37. The third-order valence-electron chi connectivity index (χ3n) is 3.11. The Morgan fingerprint density at radius 1 is 1.64 bits per heavy atom. The molecule has 0 aliphatic carbocycles. The van der Waals surface area contributed by atoms with Crippen LogP contribution in [0.25, 0.3) is 0 Å². The van der Waals surface area contributed by atoms with Crippen molar-refractivity contribution in [3.8, 4) is 0 Å². The van der Waals surface area contributed by atoms with Crippen molar-refractivity contribution in [3.05, 3.63) is 15.5 Å². The third kappa shape index (κ3) is 0.929. The summed E-state index contributed by atoms with van der Waals surface area (Å²) < 4.78 is 0. The molecule has 3 rings (SSSR count). The van der Waals surface area contributed by atoms with E-state index in [0.717, 1.165) is 24.4 Å². The summed E-state index contributed by atoms with van der Waals surface area (Å²) in [6, 6.07) is 0. The molecule has 14 heavy (non-hydrogen) atoms. The van der Waals surface area contributed by atoms with E-state index in [1.165, 1.54) is 0 Å². The van der Waals surface area contributed by atoms with Gasteiger partial charge in [0.1, 0.15) is 15.7 Å². The third-order valence-corrected chi connectivity index (χ3v) is 4.47. The van der Waals surface area contributed by atoms with Gasteiger partial charge < -0.3 is 4.90 Å². The lowest BCUT2D eigenvalue weighted by molar-refractivity contribution is -0.153. The van der Waals surface area contributed by atoms with E-state index in [1.54, 1.807) is 11.3 Å². The summed E-state index contributed by atoms with van der Waals surface area (Å²) in [4.78, 5) is 17.6. The number of aromatic nitrogens is 1. The second-order valence-corrected chi connectivity index (χ2v) is 5.08. The summed E-state index contributed by atoms with van der Waals surface area (Å²) in [5.74, 6) is 0.258. The van der Waals surface area contributed by atoms with E-state index in [-0.39, 0.29) is 11.4 Å². The Bertz CT molecular complexity index is 405. The van der Waals surface area contributed by atoms with E-state index in [9.17, 15) is 4.79 Å². The van der Waals surface area contributed by atoms with Gasteiger partial charge in [0.2, 0.25) is 5.91 Å². The lowest BCUT2D eigenvalue weighted by Gasteiger charge is -2.45. The summed E-state index contributed by atoms with van der Waals surface area (Å²) in [5.41, 5.74) is -0.0745. The van der Waals surface area contributed by atoms with Gasteiger partial charge in [-0.3, -0.25) is 4.79 Å². The summed E-state index contributed by atoms with van der Waals surface area (Å²) in [6.45, 7) is 0.885. The predicted octanol–water partition coefficient (Wildman–Crippen LogP) is 2.02. The smallest absolute Gasteiger partial charge is 0.226 e. The molecule has 0 aromatic carbocycles. The zero-order chi connectivity index (χ0) is 9.76. The highest BCUT2D eigenvalue weighted by Gasteiger charge is 2.56. The van der Waals surface area contributed by atoms with E-state index in [1.807, 2.05) is 10.3 Å². The minimum absolute atomic E-state index is 0.0745. The summed E-state index contributed by atoms with van der Waals surface area (Å²) in [6.07, 6.45) is 2.75. The fraction of sp³-hybridized carbons (Fsp3) is 0.556. The number of hydrogen-bond acceptors (Lipinski definition) is 3. The molecule has 1 amide bonds. The topological polar surface area (TPSA) is 33.2 Å². The maximum absolute atomic E-state index is 11.4. The summed E-state index contributed by atoms with van der Waals surface area (Å²) in [7, 11) is 0. The number of β-lactam (4-membered cyclic amide) rings is 1. The maximum atomic E-state index is 11.4. The molecular weight excluding hydrogens is 220 g/mol. The second kappa shape index (κ2) is 2.70. The minimum Gasteiger partial charge on any atom is -0.330 e. The van der Waals surface area contributed by atoms with Gasteiger partial charge in [-0.2, -0.15) is 0 Å². The quantitative estimate of drug-likeness (QED) is 0.689. The molecule has 0 radical (unpaired) electrons. The molecule has 1 unspecified atom stereocenters. The predicted molar refractivity (Wildman–Crippen MR) is 54.4 cm³/mol. The fourth-order valence-electron chi connectivity index (χ4n) is 2.45. The average Bonchev–Trinajstić information content (AvgIpc) is 2.69. The monoisotopic (exact) mass is 228 g/mol. The molecule has 0 bridgehead atoms. The van der Waals surface area contributed by atoms with Gasteiger partial charge in [-0.25, -0.2) is 4.98 Å². The first kappa shape index (κ1) is 8.68. The Morgan fingerprint density at radius 3 is 3.14 bits per heavy atom. The van der Waals surface area contributed by atoms with Gasteiger partial charge in [-0.15, -0.1) is 11.3 Å². The highest BCUT2D eigenvalue weighted by atomic mass is 35.5. The van der Waals surface area contributed by atoms with E-state index in [4.69, 9.17) is 11.6 Å². The Kier molecular flexibility index (Phi) is 1.67. The van der Waals surface area contributed by atoms with Crippen molar-refractivity contribution in [1.29, 1.82) is 0 Å². The number of thiazole rings is 1. The van der Waals surface area contributed by atoms with Gasteiger partial charge in [0.05, 0.1) is 6.42 Å². The van der Waals surface area contributed by atoms with Crippen molar-refractivity contribution >= 4 is 28.8 Å². The zero-order valence-corrected chi connectivity index (χ0v) is 9.07. The van der Waals surface area contributed by atoms with Crippen molar-refractivity contribution < 1.29 is 4.79 Å². The Morgan fingerprint density at radius 2 is 2.50 bits per heavy atom. The van der Waals surface area contributed by atoms with Crippen LogP contribution in [-0.4, -0.2) is 22.3 Å². The molecule has 1 aromatic heterocycles. The molecule has 2 aliphatic rings. The van der Waals surface area contributed by atoms with Crippen LogP contribution in [0.3, 0.4) is 0 Å². The Balaban J connectivity index is 2.01. The molecule has 1 atom stereocenters.